The van der Waals surface area contributed by atoms with E-state index in [4.69, 9.17) is 4.74 Å². The summed E-state index contributed by atoms with van der Waals surface area (Å²) in [5.74, 6) is 1.78. The van der Waals surface area contributed by atoms with Gasteiger partial charge in [0.25, 0.3) is 0 Å². The van der Waals surface area contributed by atoms with Gasteiger partial charge in [0.2, 0.25) is 0 Å². The van der Waals surface area contributed by atoms with Gasteiger partial charge < -0.3 is 10.1 Å². The lowest BCUT2D eigenvalue weighted by Gasteiger charge is -2.11. The number of nitrogens with one attached hydrogen (secondary N) is 1. The number of hydrogen-bond acceptors (Lipinski definition) is 4. The molecule has 0 aliphatic heterocycles. The average Bonchev–Trinajstić information content (AvgIpc) is 2.92. The molecule has 5 nitrogen and oxygen atoms in total. The molecule has 3 aromatic rings. The summed E-state index contributed by atoms with van der Waals surface area (Å²) in [5.41, 5.74) is 4.41. The highest BCUT2D eigenvalue weighted by molar-refractivity contribution is 5.67. The summed E-state index contributed by atoms with van der Waals surface area (Å²) in [6.07, 6.45) is 4.64. The Bertz CT molecular complexity index is 810. The molecule has 0 aliphatic carbocycles. The Kier molecular flexibility index (Phi) is 4.46. The standard InChI is InChI=1S/C18H22N4O/c1-4-9-23-16-6-5-15(13(2)10-16)12-20-18-17-11-14(3)21-22(17)8-7-19-18/h5-8,10-11H,4,9,12H2,1-3H3,(H,19,20). The Morgan fingerprint density at radius 3 is 2.87 bits per heavy atom. The number of hydrogen-bond donors (Lipinski definition) is 1. The van der Waals surface area contributed by atoms with Crippen molar-refractivity contribution in [2.45, 2.75) is 33.7 Å². The molecule has 5 heteroatoms. The van der Waals surface area contributed by atoms with Gasteiger partial charge in [-0.05, 0) is 49.6 Å². The van der Waals surface area contributed by atoms with Crippen molar-refractivity contribution >= 4 is 11.3 Å². The van der Waals surface area contributed by atoms with Crippen molar-refractivity contribution in [1.82, 2.24) is 14.6 Å². The Hall–Kier alpha value is -2.56. The first-order chi connectivity index (χ1) is 11.2. The lowest BCUT2D eigenvalue weighted by Crippen LogP contribution is -2.05. The predicted molar refractivity (Wildman–Crippen MR) is 92.0 cm³/mol. The van der Waals surface area contributed by atoms with E-state index < -0.39 is 0 Å². The Morgan fingerprint density at radius 2 is 2.09 bits per heavy atom. The molecule has 0 amide bonds. The molecular weight excluding hydrogens is 288 g/mol. The van der Waals surface area contributed by atoms with Crippen molar-refractivity contribution in [1.29, 1.82) is 0 Å². The van der Waals surface area contributed by atoms with Gasteiger partial charge in [0.15, 0.2) is 5.82 Å². The first-order valence-corrected chi connectivity index (χ1v) is 7.94. The van der Waals surface area contributed by atoms with Crippen LogP contribution < -0.4 is 10.1 Å². The van der Waals surface area contributed by atoms with E-state index in [0.29, 0.717) is 0 Å². The zero-order valence-electron chi connectivity index (χ0n) is 13.8. The van der Waals surface area contributed by atoms with Crippen LogP contribution in [0.25, 0.3) is 5.52 Å². The van der Waals surface area contributed by atoms with Crippen molar-refractivity contribution in [2.24, 2.45) is 0 Å². The van der Waals surface area contributed by atoms with Gasteiger partial charge in [0.05, 0.1) is 12.3 Å². The molecule has 2 aromatic heterocycles. The molecule has 0 saturated heterocycles. The van der Waals surface area contributed by atoms with Crippen molar-refractivity contribution < 1.29 is 4.74 Å². The highest BCUT2D eigenvalue weighted by atomic mass is 16.5. The molecule has 0 atom stereocenters. The van der Waals surface area contributed by atoms with Gasteiger partial charge in [0, 0.05) is 18.9 Å². The summed E-state index contributed by atoms with van der Waals surface area (Å²) in [6, 6.07) is 8.25. The molecule has 2 heterocycles. The van der Waals surface area contributed by atoms with Crippen molar-refractivity contribution in [3.8, 4) is 5.75 Å². The number of rotatable bonds is 6. The Labute approximate surface area is 136 Å². The van der Waals surface area contributed by atoms with Crippen LogP contribution in [-0.2, 0) is 6.54 Å². The van der Waals surface area contributed by atoms with Crippen LogP contribution in [0.4, 0.5) is 5.82 Å². The summed E-state index contributed by atoms with van der Waals surface area (Å²) >= 11 is 0. The molecule has 0 saturated carbocycles. The Balaban J connectivity index is 1.74. The van der Waals surface area contributed by atoms with Crippen LogP contribution in [0.5, 0.6) is 5.75 Å². The van der Waals surface area contributed by atoms with Crippen LogP contribution >= 0.6 is 0 Å². The molecule has 0 bridgehead atoms. The summed E-state index contributed by atoms with van der Waals surface area (Å²) in [6.45, 7) is 7.67. The predicted octanol–water partition coefficient (Wildman–Crippen LogP) is 3.75. The molecule has 120 valence electrons. The van der Waals surface area contributed by atoms with Gasteiger partial charge in [-0.15, -0.1) is 0 Å². The summed E-state index contributed by atoms with van der Waals surface area (Å²) < 4.78 is 7.52. The minimum Gasteiger partial charge on any atom is -0.494 e. The van der Waals surface area contributed by atoms with Crippen LogP contribution in [0.1, 0.15) is 30.2 Å². The maximum Gasteiger partial charge on any atom is 0.152 e. The topological polar surface area (TPSA) is 51.5 Å². The lowest BCUT2D eigenvalue weighted by molar-refractivity contribution is 0.317. The number of aromatic nitrogens is 3. The maximum atomic E-state index is 5.67. The van der Waals surface area contributed by atoms with Crippen LogP contribution in [0.3, 0.4) is 0 Å². The molecule has 0 spiro atoms. The third-order valence-electron chi connectivity index (χ3n) is 3.75. The fourth-order valence-electron chi connectivity index (χ4n) is 2.54. The van der Waals surface area contributed by atoms with Gasteiger partial charge in [-0.3, -0.25) is 0 Å². The molecule has 3 rings (SSSR count). The number of aryl methyl sites for hydroxylation is 2. The van der Waals surface area contributed by atoms with Crippen LogP contribution in [0.15, 0.2) is 36.7 Å². The number of nitrogens with zero attached hydrogens (tertiary/aromatic N) is 3. The number of benzene rings is 1. The summed E-state index contributed by atoms with van der Waals surface area (Å²) in [7, 11) is 0. The summed E-state index contributed by atoms with van der Waals surface area (Å²) in [4.78, 5) is 4.43. The van der Waals surface area contributed by atoms with E-state index in [2.05, 4.69) is 41.4 Å². The first kappa shape index (κ1) is 15.3. The minimum absolute atomic E-state index is 0.719. The Morgan fingerprint density at radius 1 is 1.22 bits per heavy atom. The van der Waals surface area contributed by atoms with Crippen molar-refractivity contribution in [3.05, 3.63) is 53.5 Å². The highest BCUT2D eigenvalue weighted by Gasteiger charge is 2.06. The van der Waals surface area contributed by atoms with Crippen LogP contribution in [0.2, 0.25) is 0 Å². The van der Waals surface area contributed by atoms with Crippen LogP contribution in [0, 0.1) is 13.8 Å². The zero-order valence-corrected chi connectivity index (χ0v) is 13.8. The molecular formula is C18H22N4O. The molecule has 23 heavy (non-hydrogen) atoms. The molecule has 0 aliphatic rings. The van der Waals surface area contributed by atoms with Crippen molar-refractivity contribution in [3.63, 3.8) is 0 Å². The normalized spacial score (nSPS) is 10.9. The van der Waals surface area contributed by atoms with E-state index >= 15 is 0 Å². The molecule has 0 fully saturated rings. The third-order valence-corrected chi connectivity index (χ3v) is 3.75. The van der Waals surface area contributed by atoms with E-state index in [1.807, 2.05) is 29.8 Å². The third kappa shape index (κ3) is 3.44. The van der Waals surface area contributed by atoms with E-state index in [-0.39, 0.29) is 0 Å². The van der Waals surface area contributed by atoms with Gasteiger partial charge in [-0.25, -0.2) is 9.50 Å². The van der Waals surface area contributed by atoms with Gasteiger partial charge >= 0.3 is 0 Å². The average molecular weight is 310 g/mol. The second-order valence-corrected chi connectivity index (χ2v) is 5.68. The van der Waals surface area contributed by atoms with E-state index in [1.165, 1.54) is 11.1 Å². The molecule has 0 radical (unpaired) electrons. The monoisotopic (exact) mass is 310 g/mol. The first-order valence-electron chi connectivity index (χ1n) is 7.94. The largest absolute Gasteiger partial charge is 0.494 e. The van der Waals surface area contributed by atoms with Gasteiger partial charge in [-0.1, -0.05) is 13.0 Å². The molecule has 0 unspecified atom stereocenters. The minimum atomic E-state index is 0.719. The zero-order chi connectivity index (χ0) is 16.2. The van der Waals surface area contributed by atoms with Crippen molar-refractivity contribution in [2.75, 3.05) is 11.9 Å². The SMILES string of the molecule is CCCOc1ccc(CNc2nccn3nc(C)cc23)c(C)c1. The second-order valence-electron chi connectivity index (χ2n) is 5.68. The highest BCUT2D eigenvalue weighted by Crippen LogP contribution is 2.20. The number of ether oxygens (including phenoxy) is 1. The fraction of sp³-hybridized carbons (Fsp3) is 0.333. The van der Waals surface area contributed by atoms with Crippen LogP contribution in [-0.4, -0.2) is 21.2 Å². The lowest BCUT2D eigenvalue weighted by atomic mass is 10.1. The number of anilines is 1. The number of fused-ring (bicyclic) bond motifs is 1. The molecule has 1 N–H and O–H groups in total. The van der Waals surface area contributed by atoms with Gasteiger partial charge in [-0.2, -0.15) is 5.10 Å². The van der Waals surface area contributed by atoms with E-state index in [1.54, 1.807) is 6.20 Å². The second kappa shape index (κ2) is 6.69. The smallest absolute Gasteiger partial charge is 0.152 e. The van der Waals surface area contributed by atoms with E-state index in [0.717, 1.165) is 42.4 Å². The van der Waals surface area contributed by atoms with E-state index in [9.17, 15) is 0 Å². The maximum absolute atomic E-state index is 5.67. The quantitative estimate of drug-likeness (QED) is 0.753. The van der Waals surface area contributed by atoms with Gasteiger partial charge in [0.1, 0.15) is 11.3 Å². The molecule has 1 aromatic carbocycles. The summed E-state index contributed by atoms with van der Waals surface area (Å²) in [5, 5.41) is 7.81. The fourth-order valence-corrected chi connectivity index (χ4v) is 2.54.